The van der Waals surface area contributed by atoms with Crippen molar-refractivity contribution in [2.75, 3.05) is 24.8 Å². The van der Waals surface area contributed by atoms with Gasteiger partial charge in [0, 0.05) is 36.3 Å². The van der Waals surface area contributed by atoms with E-state index in [1.165, 1.54) is 6.92 Å². The molecule has 2 aromatic rings. The topological polar surface area (TPSA) is 67.9 Å². The van der Waals surface area contributed by atoms with E-state index in [-0.39, 0.29) is 18.6 Å². The molecule has 7 heteroatoms. The van der Waals surface area contributed by atoms with Gasteiger partial charge >= 0.3 is 0 Å². The van der Waals surface area contributed by atoms with Crippen molar-refractivity contribution in [3.8, 4) is 11.5 Å². The highest BCUT2D eigenvalue weighted by Gasteiger charge is 2.17. The number of carbonyl (C=O) groups excluding carboxylic acids is 2. The van der Waals surface area contributed by atoms with Crippen LogP contribution in [0.1, 0.15) is 22.8 Å². The second-order valence-electron chi connectivity index (χ2n) is 5.93. The lowest BCUT2D eigenvalue weighted by molar-refractivity contribution is -0.116. The standard InChI is InChI=1S/C19H19ClN2O4/c1-12-3-5-15(10-16(12)20)22(13(2)23)8-7-21-19(24)14-4-6-17-18(9-14)26-11-25-17/h3-6,9-10H,7-8,11H2,1-2H3,(H,21,24). The SMILES string of the molecule is CC(=O)N(CCNC(=O)c1ccc2c(c1)OCO2)c1ccc(C)c(Cl)c1. The number of ether oxygens (including phenoxy) is 2. The van der Waals surface area contributed by atoms with Crippen LogP contribution in [0.15, 0.2) is 36.4 Å². The number of carbonyl (C=O) groups is 2. The van der Waals surface area contributed by atoms with Crippen LogP contribution in [-0.4, -0.2) is 31.7 Å². The molecule has 6 nitrogen and oxygen atoms in total. The van der Waals surface area contributed by atoms with Crippen molar-refractivity contribution >= 4 is 29.1 Å². The Hall–Kier alpha value is -2.73. The highest BCUT2D eigenvalue weighted by atomic mass is 35.5. The summed E-state index contributed by atoms with van der Waals surface area (Å²) in [5, 5.41) is 3.40. The number of benzene rings is 2. The molecule has 2 amide bonds. The molecule has 1 heterocycles. The minimum atomic E-state index is -0.242. The summed E-state index contributed by atoms with van der Waals surface area (Å²) in [6.07, 6.45) is 0. The normalized spacial score (nSPS) is 12.0. The number of hydrogen-bond donors (Lipinski definition) is 1. The zero-order valence-electron chi connectivity index (χ0n) is 14.5. The second kappa shape index (κ2) is 7.66. The summed E-state index contributed by atoms with van der Waals surface area (Å²) >= 11 is 6.14. The number of nitrogens with one attached hydrogen (secondary N) is 1. The van der Waals surface area contributed by atoms with E-state index >= 15 is 0 Å². The molecule has 2 aromatic carbocycles. The monoisotopic (exact) mass is 374 g/mol. The Bertz CT molecular complexity index is 853. The molecule has 1 aliphatic rings. The van der Waals surface area contributed by atoms with Crippen LogP contribution >= 0.6 is 11.6 Å². The molecule has 0 bridgehead atoms. The van der Waals surface area contributed by atoms with Gasteiger partial charge in [0.05, 0.1) is 0 Å². The summed E-state index contributed by atoms with van der Waals surface area (Å²) in [7, 11) is 0. The van der Waals surface area contributed by atoms with Crippen LogP contribution in [0.5, 0.6) is 11.5 Å². The molecule has 1 N–H and O–H groups in total. The predicted octanol–water partition coefficient (Wildman–Crippen LogP) is 3.16. The molecule has 1 aliphatic heterocycles. The molecule has 0 aromatic heterocycles. The molecule has 0 radical (unpaired) electrons. The molecule has 26 heavy (non-hydrogen) atoms. The largest absolute Gasteiger partial charge is 0.454 e. The van der Waals surface area contributed by atoms with Crippen LogP contribution in [0.4, 0.5) is 5.69 Å². The third kappa shape index (κ3) is 3.91. The Kier molecular flexibility index (Phi) is 5.32. The summed E-state index contributed by atoms with van der Waals surface area (Å²) in [5.74, 6) is 0.814. The van der Waals surface area contributed by atoms with Gasteiger partial charge in [0.2, 0.25) is 12.7 Å². The van der Waals surface area contributed by atoms with Crippen molar-refractivity contribution in [1.29, 1.82) is 0 Å². The van der Waals surface area contributed by atoms with Crippen LogP contribution in [0.25, 0.3) is 0 Å². The number of anilines is 1. The van der Waals surface area contributed by atoms with Gasteiger partial charge in [0.1, 0.15) is 0 Å². The number of aryl methyl sites for hydroxylation is 1. The Morgan fingerprint density at radius 3 is 2.65 bits per heavy atom. The molecular weight excluding hydrogens is 356 g/mol. The molecule has 0 saturated heterocycles. The summed E-state index contributed by atoms with van der Waals surface area (Å²) in [6.45, 7) is 4.18. The van der Waals surface area contributed by atoms with E-state index in [1.807, 2.05) is 19.1 Å². The van der Waals surface area contributed by atoms with Crippen LogP contribution in [0.3, 0.4) is 0 Å². The number of nitrogens with zero attached hydrogens (tertiary/aromatic N) is 1. The van der Waals surface area contributed by atoms with E-state index in [0.29, 0.717) is 40.9 Å². The third-order valence-corrected chi connectivity index (χ3v) is 4.51. The van der Waals surface area contributed by atoms with Crippen molar-refractivity contribution in [2.24, 2.45) is 0 Å². The first-order valence-corrected chi connectivity index (χ1v) is 8.55. The van der Waals surface area contributed by atoms with Crippen LogP contribution < -0.4 is 19.7 Å². The van der Waals surface area contributed by atoms with E-state index in [2.05, 4.69) is 5.32 Å². The molecule has 0 fully saturated rings. The summed E-state index contributed by atoms with van der Waals surface area (Å²) in [6, 6.07) is 10.5. The maximum Gasteiger partial charge on any atom is 0.251 e. The van der Waals surface area contributed by atoms with E-state index in [1.54, 1.807) is 29.2 Å². The van der Waals surface area contributed by atoms with E-state index < -0.39 is 0 Å². The first-order valence-electron chi connectivity index (χ1n) is 8.18. The zero-order valence-corrected chi connectivity index (χ0v) is 15.3. The molecule has 0 atom stereocenters. The van der Waals surface area contributed by atoms with Crippen LogP contribution in [-0.2, 0) is 4.79 Å². The third-order valence-electron chi connectivity index (χ3n) is 4.10. The molecule has 0 saturated carbocycles. The highest BCUT2D eigenvalue weighted by Crippen LogP contribution is 2.32. The summed E-state index contributed by atoms with van der Waals surface area (Å²) < 4.78 is 10.5. The van der Waals surface area contributed by atoms with Gasteiger partial charge in [-0.3, -0.25) is 9.59 Å². The second-order valence-corrected chi connectivity index (χ2v) is 6.34. The maximum atomic E-state index is 12.3. The number of amides is 2. The Balaban J connectivity index is 1.62. The van der Waals surface area contributed by atoms with Gasteiger partial charge in [-0.05, 0) is 42.8 Å². The van der Waals surface area contributed by atoms with Gasteiger partial charge in [-0.2, -0.15) is 0 Å². The quantitative estimate of drug-likeness (QED) is 0.872. The highest BCUT2D eigenvalue weighted by molar-refractivity contribution is 6.31. The van der Waals surface area contributed by atoms with E-state index in [9.17, 15) is 9.59 Å². The molecule has 136 valence electrons. The summed E-state index contributed by atoms with van der Waals surface area (Å²) in [5.41, 5.74) is 2.11. The number of fused-ring (bicyclic) bond motifs is 1. The minimum Gasteiger partial charge on any atom is -0.454 e. The smallest absolute Gasteiger partial charge is 0.251 e. The molecule has 3 rings (SSSR count). The molecular formula is C19H19ClN2O4. The zero-order chi connectivity index (χ0) is 18.7. The van der Waals surface area contributed by atoms with Gasteiger partial charge in [-0.1, -0.05) is 17.7 Å². The first kappa shape index (κ1) is 18.1. The summed E-state index contributed by atoms with van der Waals surface area (Å²) in [4.78, 5) is 25.8. The lowest BCUT2D eigenvalue weighted by atomic mass is 10.2. The van der Waals surface area contributed by atoms with Crippen molar-refractivity contribution in [2.45, 2.75) is 13.8 Å². The number of rotatable bonds is 5. The van der Waals surface area contributed by atoms with Gasteiger partial charge in [-0.15, -0.1) is 0 Å². The number of halogens is 1. The van der Waals surface area contributed by atoms with Crippen molar-refractivity contribution in [3.05, 3.63) is 52.5 Å². The fourth-order valence-corrected chi connectivity index (χ4v) is 2.81. The van der Waals surface area contributed by atoms with E-state index in [0.717, 1.165) is 5.56 Å². The first-order chi connectivity index (χ1) is 12.5. The van der Waals surface area contributed by atoms with Crippen molar-refractivity contribution < 1.29 is 19.1 Å². The fraction of sp³-hybridized carbons (Fsp3) is 0.263. The average molecular weight is 375 g/mol. The average Bonchev–Trinajstić information content (AvgIpc) is 3.08. The molecule has 0 unspecified atom stereocenters. The minimum absolute atomic E-state index is 0.123. The van der Waals surface area contributed by atoms with Gasteiger partial charge in [0.25, 0.3) is 5.91 Å². The van der Waals surface area contributed by atoms with Gasteiger partial charge in [0.15, 0.2) is 11.5 Å². The van der Waals surface area contributed by atoms with Crippen molar-refractivity contribution in [3.63, 3.8) is 0 Å². The maximum absolute atomic E-state index is 12.3. The van der Waals surface area contributed by atoms with Gasteiger partial charge in [-0.25, -0.2) is 0 Å². The fourth-order valence-electron chi connectivity index (χ4n) is 2.64. The van der Waals surface area contributed by atoms with E-state index in [4.69, 9.17) is 21.1 Å². The van der Waals surface area contributed by atoms with Crippen LogP contribution in [0.2, 0.25) is 5.02 Å². The number of hydrogen-bond acceptors (Lipinski definition) is 4. The van der Waals surface area contributed by atoms with Crippen LogP contribution in [0, 0.1) is 6.92 Å². The molecule has 0 spiro atoms. The lowest BCUT2D eigenvalue weighted by Gasteiger charge is -2.22. The van der Waals surface area contributed by atoms with Crippen molar-refractivity contribution in [1.82, 2.24) is 5.32 Å². The van der Waals surface area contributed by atoms with Gasteiger partial charge < -0.3 is 19.7 Å². The Morgan fingerprint density at radius 2 is 1.92 bits per heavy atom. The molecule has 0 aliphatic carbocycles. The Labute approximate surface area is 156 Å². The predicted molar refractivity (Wildman–Crippen MR) is 99.1 cm³/mol. The Morgan fingerprint density at radius 1 is 1.15 bits per heavy atom. The lowest BCUT2D eigenvalue weighted by Crippen LogP contribution is -2.37.